The van der Waals surface area contributed by atoms with E-state index in [2.05, 4.69) is 19.9 Å². The number of carbonyl (C=O) groups excluding carboxylic acids is 1. The van der Waals surface area contributed by atoms with Gasteiger partial charge in [0.15, 0.2) is 17.5 Å². The summed E-state index contributed by atoms with van der Waals surface area (Å²) in [4.78, 5) is 30.2. The number of esters is 1. The van der Waals surface area contributed by atoms with Crippen molar-refractivity contribution in [1.29, 1.82) is 0 Å². The van der Waals surface area contributed by atoms with Crippen LogP contribution >= 0.6 is 11.3 Å². The smallest absolute Gasteiger partial charge is 0.365 e. The predicted octanol–water partition coefficient (Wildman–Crippen LogP) is 2.71. The van der Waals surface area contributed by atoms with E-state index >= 15 is 0 Å². The normalized spacial score (nSPS) is 18.6. The van der Waals surface area contributed by atoms with Crippen molar-refractivity contribution < 1.29 is 9.53 Å². The highest BCUT2D eigenvalue weighted by Crippen LogP contribution is 2.28. The quantitative estimate of drug-likeness (QED) is 0.296. The molecule has 0 spiro atoms. The lowest BCUT2D eigenvalue weighted by atomic mass is 10.2. The van der Waals surface area contributed by atoms with Crippen LogP contribution in [0.4, 0.5) is 5.82 Å². The molecule has 0 unspecified atom stereocenters. The second kappa shape index (κ2) is 8.19. The van der Waals surface area contributed by atoms with Gasteiger partial charge in [-0.15, -0.1) is 11.3 Å². The summed E-state index contributed by atoms with van der Waals surface area (Å²) in [6.07, 6.45) is 3.45. The minimum atomic E-state index is -0.425. The summed E-state index contributed by atoms with van der Waals surface area (Å²) in [5.41, 5.74) is 6.45. The first-order valence-corrected chi connectivity index (χ1v) is 10.7. The van der Waals surface area contributed by atoms with Gasteiger partial charge in [0.05, 0.1) is 4.88 Å². The Bertz CT molecular complexity index is 1180. The van der Waals surface area contributed by atoms with Crippen LogP contribution in [0.1, 0.15) is 4.88 Å². The molecular weight excluding hydrogens is 412 g/mol. The van der Waals surface area contributed by atoms with E-state index in [1.807, 2.05) is 53.4 Å². The van der Waals surface area contributed by atoms with E-state index in [4.69, 9.17) is 10.5 Å². The summed E-state index contributed by atoms with van der Waals surface area (Å²) < 4.78 is 6.56. The van der Waals surface area contributed by atoms with Crippen molar-refractivity contribution in [2.24, 2.45) is 15.7 Å². The van der Waals surface area contributed by atoms with E-state index < -0.39 is 5.97 Å². The summed E-state index contributed by atoms with van der Waals surface area (Å²) in [6, 6.07) is 15.6. The molecule has 2 aromatic heterocycles. The average Bonchev–Trinajstić information content (AvgIpc) is 3.38. The predicted molar refractivity (Wildman–Crippen MR) is 121 cm³/mol. The summed E-state index contributed by atoms with van der Waals surface area (Å²) in [6.45, 7) is 2.77. The number of piperazine rings is 1. The topological polar surface area (TPSA) is 96.4 Å². The summed E-state index contributed by atoms with van der Waals surface area (Å²) >= 11 is 1.56. The van der Waals surface area contributed by atoms with Crippen molar-refractivity contribution in [3.05, 3.63) is 71.5 Å². The number of carbonyl (C=O) groups is 1. The molecule has 2 aliphatic heterocycles. The molecule has 0 aliphatic carbocycles. The largest absolute Gasteiger partial charge is 0.401 e. The molecule has 2 aliphatic rings. The number of cyclic esters (lactones) is 1. The maximum absolute atomic E-state index is 12.3. The molecule has 0 bridgehead atoms. The van der Waals surface area contributed by atoms with Gasteiger partial charge in [0.1, 0.15) is 0 Å². The van der Waals surface area contributed by atoms with Gasteiger partial charge in [0.25, 0.3) is 0 Å². The van der Waals surface area contributed by atoms with Crippen LogP contribution in [0.5, 0.6) is 0 Å². The maximum Gasteiger partial charge on any atom is 0.365 e. The molecule has 1 saturated heterocycles. The van der Waals surface area contributed by atoms with Gasteiger partial charge >= 0.3 is 5.97 Å². The third kappa shape index (κ3) is 4.13. The molecule has 0 saturated carbocycles. The zero-order chi connectivity index (χ0) is 21.2. The summed E-state index contributed by atoms with van der Waals surface area (Å²) in [7, 11) is 0. The first-order valence-electron chi connectivity index (χ1n) is 9.91. The number of guanidine groups is 1. The van der Waals surface area contributed by atoms with E-state index in [0.29, 0.717) is 49.6 Å². The van der Waals surface area contributed by atoms with Crippen LogP contribution in [-0.4, -0.2) is 58.8 Å². The maximum atomic E-state index is 12.3. The molecule has 5 rings (SSSR count). The number of aliphatic imine (C=N–C) groups is 2. The van der Waals surface area contributed by atoms with Crippen LogP contribution in [0.25, 0.3) is 10.1 Å². The first kappa shape index (κ1) is 19.3. The van der Waals surface area contributed by atoms with Crippen molar-refractivity contribution in [1.82, 2.24) is 14.8 Å². The van der Waals surface area contributed by atoms with Gasteiger partial charge in [-0.3, -0.25) is 0 Å². The molecule has 3 aromatic rings. The minimum absolute atomic E-state index is 0.316. The Balaban J connectivity index is 1.26. The third-order valence-corrected chi connectivity index (χ3v) is 6.18. The molecule has 0 atom stereocenters. The van der Waals surface area contributed by atoms with Crippen LogP contribution in [-0.2, 0) is 9.53 Å². The van der Waals surface area contributed by atoms with E-state index in [9.17, 15) is 4.79 Å². The molecule has 1 aromatic carbocycles. The molecule has 2 N–H and O–H groups in total. The number of hydrogen-bond donors (Lipinski definition) is 1. The zero-order valence-electron chi connectivity index (χ0n) is 16.6. The van der Waals surface area contributed by atoms with Crippen molar-refractivity contribution in [3.8, 4) is 0 Å². The van der Waals surface area contributed by atoms with Crippen molar-refractivity contribution >= 4 is 45.1 Å². The van der Waals surface area contributed by atoms with Crippen LogP contribution < -0.4 is 5.73 Å². The van der Waals surface area contributed by atoms with Gasteiger partial charge in [-0.05, 0) is 29.7 Å². The fourth-order valence-electron chi connectivity index (χ4n) is 3.45. The highest BCUT2D eigenvalue weighted by atomic mass is 32.1. The number of aromatic nitrogens is 1. The number of nitrogens with zero attached hydrogens (tertiary/aromatic N) is 5. The Morgan fingerprint density at radius 3 is 2.71 bits per heavy atom. The highest BCUT2D eigenvalue weighted by Gasteiger charge is 2.27. The molecule has 8 nitrogen and oxygen atoms in total. The molecule has 156 valence electrons. The lowest BCUT2D eigenvalue weighted by Gasteiger charge is -2.34. The van der Waals surface area contributed by atoms with Crippen LogP contribution in [0.3, 0.4) is 0 Å². The number of pyridine rings is 1. The lowest BCUT2D eigenvalue weighted by Crippen LogP contribution is -2.49. The van der Waals surface area contributed by atoms with Gasteiger partial charge < -0.3 is 20.3 Å². The van der Waals surface area contributed by atoms with E-state index in [-0.39, 0.29) is 0 Å². The fourth-order valence-corrected chi connectivity index (χ4v) is 4.44. The number of fused-ring (bicyclic) bond motifs is 1. The SMILES string of the molecule is N/C(=N\c1ccccn1)N1CCN(C=C2N=C(c3cc4ccccc4s3)OC2=O)CC1. The van der Waals surface area contributed by atoms with Crippen molar-refractivity contribution in [2.45, 2.75) is 0 Å². The Morgan fingerprint density at radius 1 is 1.13 bits per heavy atom. The Morgan fingerprint density at radius 2 is 1.94 bits per heavy atom. The monoisotopic (exact) mass is 432 g/mol. The van der Waals surface area contributed by atoms with Gasteiger partial charge in [-0.1, -0.05) is 24.3 Å². The second-order valence-electron chi connectivity index (χ2n) is 7.15. The number of thiophene rings is 1. The molecule has 0 amide bonds. The van der Waals surface area contributed by atoms with E-state index in [1.54, 1.807) is 23.7 Å². The molecule has 0 radical (unpaired) electrons. The zero-order valence-corrected chi connectivity index (χ0v) is 17.5. The van der Waals surface area contributed by atoms with Crippen molar-refractivity contribution in [3.63, 3.8) is 0 Å². The minimum Gasteiger partial charge on any atom is -0.401 e. The standard InChI is InChI=1S/C22H20N6O2S/c23-22(26-19-7-3-4-8-24-19)28-11-9-27(10-12-28)14-16-21(29)30-20(25-16)18-13-15-5-1-2-6-17(15)31-18/h1-8,13-14H,9-12H2,(H2,23,24,26). The van der Waals surface area contributed by atoms with Crippen molar-refractivity contribution in [2.75, 3.05) is 26.2 Å². The Hall–Kier alpha value is -3.72. The lowest BCUT2D eigenvalue weighted by molar-refractivity contribution is -0.130. The second-order valence-corrected chi connectivity index (χ2v) is 8.23. The van der Waals surface area contributed by atoms with E-state index in [1.165, 1.54) is 0 Å². The summed E-state index contributed by atoms with van der Waals surface area (Å²) in [5.74, 6) is 0.964. The van der Waals surface area contributed by atoms with Crippen LogP contribution in [0, 0.1) is 0 Å². The summed E-state index contributed by atoms with van der Waals surface area (Å²) in [5, 5.41) is 1.11. The third-order valence-electron chi connectivity index (χ3n) is 5.08. The number of ether oxygens (including phenoxy) is 1. The fraction of sp³-hybridized carbons (Fsp3) is 0.182. The molecule has 1 fully saturated rings. The molecule has 4 heterocycles. The highest BCUT2D eigenvalue weighted by molar-refractivity contribution is 7.20. The number of benzene rings is 1. The molecule has 9 heteroatoms. The number of rotatable bonds is 3. The van der Waals surface area contributed by atoms with Gasteiger partial charge in [-0.2, -0.15) is 4.99 Å². The van der Waals surface area contributed by atoms with Crippen LogP contribution in [0.15, 0.2) is 76.6 Å². The number of nitrogens with two attached hydrogens (primary N) is 1. The van der Waals surface area contributed by atoms with Crippen LogP contribution in [0.2, 0.25) is 0 Å². The Labute approximate surface area is 183 Å². The van der Waals surface area contributed by atoms with Gasteiger partial charge in [-0.25, -0.2) is 14.8 Å². The molecular formula is C22H20N6O2S. The Kier molecular flexibility index (Phi) is 5.09. The van der Waals surface area contributed by atoms with E-state index in [0.717, 1.165) is 15.0 Å². The van der Waals surface area contributed by atoms with Gasteiger partial charge in [0.2, 0.25) is 5.90 Å². The first-order chi connectivity index (χ1) is 15.2. The van der Waals surface area contributed by atoms with Gasteiger partial charge in [0, 0.05) is 43.3 Å². The number of hydrogen-bond acceptors (Lipinski definition) is 7. The average molecular weight is 433 g/mol. The molecule has 31 heavy (non-hydrogen) atoms.